The third-order valence-corrected chi connectivity index (χ3v) is 5.94. The molecule has 0 atom stereocenters. The van der Waals surface area contributed by atoms with Crippen molar-refractivity contribution >= 4 is 45.8 Å². The van der Waals surface area contributed by atoms with Crippen molar-refractivity contribution in [2.24, 2.45) is 0 Å². The van der Waals surface area contributed by atoms with Gasteiger partial charge in [-0.2, -0.15) is 0 Å². The fraction of sp³-hybridized carbons (Fsp3) is 0.174. The van der Waals surface area contributed by atoms with Crippen LogP contribution in [0.1, 0.15) is 11.1 Å². The van der Waals surface area contributed by atoms with Crippen LogP contribution >= 0.6 is 11.8 Å². The van der Waals surface area contributed by atoms with Crippen molar-refractivity contribution in [1.29, 1.82) is 0 Å². The molecule has 1 aliphatic rings. The van der Waals surface area contributed by atoms with E-state index in [4.69, 9.17) is 4.74 Å². The number of aromatic nitrogens is 1. The molecule has 0 unspecified atom stereocenters. The summed E-state index contributed by atoms with van der Waals surface area (Å²) in [7, 11) is 1.60. The van der Waals surface area contributed by atoms with Gasteiger partial charge >= 0.3 is 0 Å². The fourth-order valence-corrected chi connectivity index (χ4v) is 4.21. The standard InChI is InChI=1S/C23H20FN3O4S/c1-31-17-6-7-19-18(11-17)15(12-26-19)8-9-25-21(28)13-27-22(29)20(32-23(27)30)10-14-2-4-16(24)5-3-14/h2-7,10-12,26H,8-9,13H2,1H3,(H,25,28). The molecule has 9 heteroatoms. The number of hydrogen-bond donors (Lipinski definition) is 2. The predicted molar refractivity (Wildman–Crippen MR) is 121 cm³/mol. The van der Waals surface area contributed by atoms with Gasteiger partial charge in [0.1, 0.15) is 18.1 Å². The first-order valence-corrected chi connectivity index (χ1v) is 10.7. The van der Waals surface area contributed by atoms with E-state index in [0.717, 1.165) is 38.9 Å². The molecule has 1 saturated heterocycles. The van der Waals surface area contributed by atoms with Gasteiger partial charge in [0.15, 0.2) is 0 Å². The number of benzene rings is 2. The monoisotopic (exact) mass is 453 g/mol. The minimum atomic E-state index is -0.539. The Hall–Kier alpha value is -3.59. The number of nitrogens with zero attached hydrogens (tertiary/aromatic N) is 1. The number of fused-ring (bicyclic) bond motifs is 1. The molecule has 1 aromatic heterocycles. The number of nitrogens with one attached hydrogen (secondary N) is 2. The number of carbonyl (C=O) groups excluding carboxylic acids is 3. The lowest BCUT2D eigenvalue weighted by atomic mass is 10.1. The van der Waals surface area contributed by atoms with Gasteiger partial charge in [-0.15, -0.1) is 0 Å². The summed E-state index contributed by atoms with van der Waals surface area (Å²) in [6.07, 6.45) is 3.96. The number of imide groups is 1. The van der Waals surface area contributed by atoms with E-state index in [-0.39, 0.29) is 11.4 Å². The Morgan fingerprint density at radius 1 is 1.22 bits per heavy atom. The van der Waals surface area contributed by atoms with Crippen molar-refractivity contribution < 1.29 is 23.5 Å². The highest BCUT2D eigenvalue weighted by Crippen LogP contribution is 2.32. The van der Waals surface area contributed by atoms with Crippen LogP contribution < -0.4 is 10.1 Å². The largest absolute Gasteiger partial charge is 0.497 e. The van der Waals surface area contributed by atoms with Crippen LogP contribution in [0.5, 0.6) is 5.75 Å². The first-order valence-electron chi connectivity index (χ1n) is 9.86. The van der Waals surface area contributed by atoms with Crippen LogP contribution in [-0.2, 0) is 16.0 Å². The molecular weight excluding hydrogens is 433 g/mol. The van der Waals surface area contributed by atoms with Gasteiger partial charge in [-0.3, -0.25) is 19.3 Å². The van der Waals surface area contributed by atoms with E-state index < -0.39 is 22.9 Å². The fourth-order valence-electron chi connectivity index (χ4n) is 3.37. The molecule has 4 rings (SSSR count). The number of hydrogen-bond acceptors (Lipinski definition) is 5. The highest BCUT2D eigenvalue weighted by Gasteiger charge is 2.36. The number of aromatic amines is 1. The van der Waals surface area contributed by atoms with Crippen molar-refractivity contribution in [3.63, 3.8) is 0 Å². The topological polar surface area (TPSA) is 91.5 Å². The lowest BCUT2D eigenvalue weighted by Gasteiger charge is -2.12. The summed E-state index contributed by atoms with van der Waals surface area (Å²) in [5, 5.41) is 3.25. The zero-order valence-corrected chi connectivity index (χ0v) is 18.0. The highest BCUT2D eigenvalue weighted by atomic mass is 32.2. The zero-order valence-electron chi connectivity index (χ0n) is 17.2. The van der Waals surface area contributed by atoms with Crippen molar-refractivity contribution in [2.75, 3.05) is 20.2 Å². The van der Waals surface area contributed by atoms with Crippen LogP contribution in [0.15, 0.2) is 53.6 Å². The molecule has 0 radical (unpaired) electrons. The number of carbonyl (C=O) groups is 3. The second kappa shape index (κ2) is 9.27. The maximum atomic E-state index is 13.0. The normalized spacial score (nSPS) is 15.1. The molecule has 7 nitrogen and oxygen atoms in total. The maximum Gasteiger partial charge on any atom is 0.294 e. The van der Waals surface area contributed by atoms with E-state index in [1.807, 2.05) is 24.4 Å². The molecule has 0 bridgehead atoms. The van der Waals surface area contributed by atoms with Crippen LogP contribution in [0.25, 0.3) is 17.0 Å². The van der Waals surface area contributed by atoms with E-state index in [0.29, 0.717) is 18.5 Å². The Balaban J connectivity index is 1.33. The first kappa shape index (κ1) is 21.6. The van der Waals surface area contributed by atoms with Crippen molar-refractivity contribution in [1.82, 2.24) is 15.2 Å². The van der Waals surface area contributed by atoms with Gasteiger partial charge in [0.05, 0.1) is 12.0 Å². The van der Waals surface area contributed by atoms with Gasteiger partial charge in [-0.05, 0) is 65.7 Å². The molecule has 2 heterocycles. The molecule has 3 aromatic rings. The van der Waals surface area contributed by atoms with Crippen molar-refractivity contribution in [3.8, 4) is 5.75 Å². The summed E-state index contributed by atoms with van der Waals surface area (Å²) in [6.45, 7) is -0.00221. The SMILES string of the molecule is COc1ccc2[nH]cc(CCNC(=O)CN3C(=O)SC(=Cc4ccc(F)cc4)C3=O)c2c1. The maximum absolute atomic E-state index is 13.0. The zero-order chi connectivity index (χ0) is 22.7. The van der Waals surface area contributed by atoms with Gasteiger partial charge in [-0.1, -0.05) is 12.1 Å². The first-order chi connectivity index (χ1) is 15.4. The van der Waals surface area contributed by atoms with Gasteiger partial charge in [0.25, 0.3) is 11.1 Å². The van der Waals surface area contributed by atoms with Gasteiger partial charge < -0.3 is 15.0 Å². The molecule has 2 aromatic carbocycles. The minimum absolute atomic E-state index is 0.196. The number of amides is 3. The third kappa shape index (κ3) is 4.67. The molecular formula is C23H20FN3O4S. The smallest absolute Gasteiger partial charge is 0.294 e. The van der Waals surface area contributed by atoms with Crippen molar-refractivity contribution in [2.45, 2.75) is 6.42 Å². The van der Waals surface area contributed by atoms with Crippen LogP contribution in [0.4, 0.5) is 9.18 Å². The van der Waals surface area contributed by atoms with Gasteiger partial charge in [-0.25, -0.2) is 4.39 Å². The lowest BCUT2D eigenvalue weighted by Crippen LogP contribution is -2.40. The summed E-state index contributed by atoms with van der Waals surface area (Å²) < 4.78 is 18.3. The van der Waals surface area contributed by atoms with Gasteiger partial charge in [0, 0.05) is 23.6 Å². The lowest BCUT2D eigenvalue weighted by molar-refractivity contribution is -0.129. The van der Waals surface area contributed by atoms with E-state index in [1.165, 1.54) is 30.3 Å². The molecule has 0 saturated carbocycles. The summed E-state index contributed by atoms with van der Waals surface area (Å²) >= 11 is 0.758. The predicted octanol–water partition coefficient (Wildman–Crippen LogP) is 3.71. The van der Waals surface area contributed by atoms with Crippen LogP contribution in [0, 0.1) is 5.82 Å². The number of methoxy groups -OCH3 is 1. The number of halogens is 1. The summed E-state index contributed by atoms with van der Waals surface area (Å²) in [4.78, 5) is 41.4. The third-order valence-electron chi connectivity index (χ3n) is 5.03. The molecule has 0 aliphatic carbocycles. The molecule has 0 spiro atoms. The minimum Gasteiger partial charge on any atom is -0.497 e. The number of thioether (sulfide) groups is 1. The second-order valence-corrected chi connectivity index (χ2v) is 8.14. The Morgan fingerprint density at radius 2 is 2.00 bits per heavy atom. The van der Waals surface area contributed by atoms with Crippen LogP contribution in [-0.4, -0.2) is 47.1 Å². The quantitative estimate of drug-likeness (QED) is 0.532. The Kier molecular flexibility index (Phi) is 6.27. The summed E-state index contributed by atoms with van der Waals surface area (Å²) in [5.74, 6) is -0.606. The average molecular weight is 453 g/mol. The number of H-pyrrole nitrogens is 1. The Labute approximate surface area is 187 Å². The Morgan fingerprint density at radius 3 is 2.75 bits per heavy atom. The van der Waals surface area contributed by atoms with E-state index in [9.17, 15) is 18.8 Å². The van der Waals surface area contributed by atoms with E-state index in [2.05, 4.69) is 10.3 Å². The van der Waals surface area contributed by atoms with E-state index in [1.54, 1.807) is 7.11 Å². The Bertz CT molecular complexity index is 1220. The number of ether oxygens (including phenoxy) is 1. The summed E-state index contributed by atoms with van der Waals surface area (Å²) in [5.41, 5.74) is 2.59. The molecule has 3 amide bonds. The molecule has 2 N–H and O–H groups in total. The molecule has 1 aliphatic heterocycles. The molecule has 164 valence electrons. The van der Waals surface area contributed by atoms with Crippen LogP contribution in [0.3, 0.4) is 0 Å². The average Bonchev–Trinajstić information content (AvgIpc) is 3.30. The van der Waals surface area contributed by atoms with Crippen molar-refractivity contribution in [3.05, 3.63) is 70.5 Å². The van der Waals surface area contributed by atoms with Crippen LogP contribution in [0.2, 0.25) is 0 Å². The van der Waals surface area contributed by atoms with Gasteiger partial charge in [0.2, 0.25) is 5.91 Å². The summed E-state index contributed by atoms with van der Waals surface area (Å²) in [6, 6.07) is 11.3. The number of rotatable bonds is 7. The molecule has 1 fully saturated rings. The second-order valence-electron chi connectivity index (χ2n) is 7.14. The highest BCUT2D eigenvalue weighted by molar-refractivity contribution is 8.18. The molecule has 32 heavy (non-hydrogen) atoms. The van der Waals surface area contributed by atoms with E-state index >= 15 is 0 Å².